The van der Waals surface area contributed by atoms with Gasteiger partial charge in [-0.15, -0.1) is 0 Å². The molecule has 0 radical (unpaired) electrons. The van der Waals surface area contributed by atoms with Crippen LogP contribution in [0.25, 0.3) is 0 Å². The van der Waals surface area contributed by atoms with Gasteiger partial charge in [-0.1, -0.05) is 18.2 Å². The van der Waals surface area contributed by atoms with Crippen LogP contribution in [0.4, 0.5) is 0 Å². The summed E-state index contributed by atoms with van der Waals surface area (Å²) in [5, 5.41) is 6.87. The lowest BCUT2D eigenvalue weighted by Crippen LogP contribution is -2.35. The van der Waals surface area contributed by atoms with E-state index in [0.717, 1.165) is 11.3 Å². The first-order valence-corrected chi connectivity index (χ1v) is 7.73. The van der Waals surface area contributed by atoms with Gasteiger partial charge in [0, 0.05) is 24.7 Å². The molecular weight excluding hydrogens is 310 g/mol. The number of ether oxygens (including phenoxy) is 2. The summed E-state index contributed by atoms with van der Waals surface area (Å²) < 4.78 is 12.2. The fourth-order valence-corrected chi connectivity index (χ4v) is 2.64. The molecule has 0 saturated carbocycles. The minimum atomic E-state index is -0.553. The summed E-state index contributed by atoms with van der Waals surface area (Å²) in [4.78, 5) is 24.1. The lowest BCUT2D eigenvalue weighted by Gasteiger charge is -2.26. The number of rotatable bonds is 4. The van der Waals surface area contributed by atoms with E-state index in [1.54, 1.807) is 18.7 Å². The zero-order valence-corrected chi connectivity index (χ0v) is 13.6. The largest absolute Gasteiger partial charge is 0.493 e. The van der Waals surface area contributed by atoms with Gasteiger partial charge in [-0.05, 0) is 13.0 Å². The zero-order chi connectivity index (χ0) is 17.1. The number of hydrogen-bond acceptors (Lipinski definition) is 5. The standard InChI is InChI=1S/C17H19N3O4/c1-11-13(9-18-20(11)2)17(22)24-10-16(21)19-14-7-8-23-15-6-4-3-5-12(14)15/h3-6,9,14H,7-8,10H2,1-2H3,(H,19,21)/t14-/m1/s1. The highest BCUT2D eigenvalue weighted by Crippen LogP contribution is 2.31. The molecule has 1 amide bonds. The topological polar surface area (TPSA) is 82.5 Å². The Morgan fingerprint density at radius 2 is 2.21 bits per heavy atom. The Hall–Kier alpha value is -2.83. The molecule has 0 bridgehead atoms. The van der Waals surface area contributed by atoms with Gasteiger partial charge in [0.2, 0.25) is 0 Å². The predicted octanol–water partition coefficient (Wildman–Crippen LogP) is 1.53. The van der Waals surface area contributed by atoms with Crippen LogP contribution < -0.4 is 10.1 Å². The fourth-order valence-electron chi connectivity index (χ4n) is 2.64. The number of nitrogens with zero attached hydrogens (tertiary/aromatic N) is 2. The molecule has 126 valence electrons. The maximum Gasteiger partial charge on any atom is 0.342 e. The molecule has 0 saturated heterocycles. The smallest absolute Gasteiger partial charge is 0.342 e. The van der Waals surface area contributed by atoms with Gasteiger partial charge in [0.1, 0.15) is 11.3 Å². The number of amides is 1. The minimum absolute atomic E-state index is 0.138. The molecule has 2 aromatic rings. The van der Waals surface area contributed by atoms with E-state index in [1.807, 2.05) is 24.3 Å². The first kappa shape index (κ1) is 16.0. The van der Waals surface area contributed by atoms with E-state index >= 15 is 0 Å². The SMILES string of the molecule is Cc1c(C(=O)OCC(=O)N[C@@H]2CCOc3ccccc32)cnn1C. The van der Waals surface area contributed by atoms with Gasteiger partial charge >= 0.3 is 5.97 Å². The number of fused-ring (bicyclic) bond motifs is 1. The summed E-state index contributed by atoms with van der Waals surface area (Å²) in [6, 6.07) is 7.45. The maximum absolute atomic E-state index is 12.1. The van der Waals surface area contributed by atoms with E-state index in [9.17, 15) is 9.59 Å². The van der Waals surface area contributed by atoms with Gasteiger partial charge in [-0.2, -0.15) is 5.10 Å². The van der Waals surface area contributed by atoms with E-state index < -0.39 is 5.97 Å². The number of para-hydroxylation sites is 1. The summed E-state index contributed by atoms with van der Waals surface area (Å²) >= 11 is 0. The monoisotopic (exact) mass is 329 g/mol. The molecule has 0 spiro atoms. The van der Waals surface area contributed by atoms with Crippen LogP contribution in [-0.2, 0) is 16.6 Å². The summed E-state index contributed by atoms with van der Waals surface area (Å²) in [5.41, 5.74) is 1.99. The Bertz CT molecular complexity index is 769. The third-order valence-electron chi connectivity index (χ3n) is 4.08. The number of hydrogen-bond donors (Lipinski definition) is 1. The molecule has 7 nitrogen and oxygen atoms in total. The first-order chi connectivity index (χ1) is 11.6. The summed E-state index contributed by atoms with van der Waals surface area (Å²) in [6.07, 6.45) is 2.11. The quantitative estimate of drug-likeness (QED) is 0.860. The fraction of sp³-hybridized carbons (Fsp3) is 0.353. The Morgan fingerprint density at radius 3 is 2.96 bits per heavy atom. The molecule has 0 aliphatic carbocycles. The highest BCUT2D eigenvalue weighted by atomic mass is 16.5. The predicted molar refractivity (Wildman–Crippen MR) is 85.7 cm³/mol. The molecule has 1 atom stereocenters. The van der Waals surface area contributed by atoms with Crippen molar-refractivity contribution in [1.29, 1.82) is 0 Å². The van der Waals surface area contributed by atoms with Crippen molar-refractivity contribution < 1.29 is 19.1 Å². The number of esters is 1. The molecule has 1 N–H and O–H groups in total. The lowest BCUT2D eigenvalue weighted by molar-refractivity contribution is -0.125. The van der Waals surface area contributed by atoms with Crippen molar-refractivity contribution in [2.75, 3.05) is 13.2 Å². The number of aromatic nitrogens is 2. The maximum atomic E-state index is 12.1. The van der Waals surface area contributed by atoms with Crippen LogP contribution in [0.1, 0.15) is 34.1 Å². The van der Waals surface area contributed by atoms with Gasteiger partial charge in [0.25, 0.3) is 5.91 Å². The van der Waals surface area contributed by atoms with Crippen molar-refractivity contribution in [3.63, 3.8) is 0 Å². The Morgan fingerprint density at radius 1 is 1.42 bits per heavy atom. The second-order valence-electron chi connectivity index (χ2n) is 5.64. The molecule has 7 heteroatoms. The van der Waals surface area contributed by atoms with Crippen LogP contribution >= 0.6 is 0 Å². The van der Waals surface area contributed by atoms with Crippen LogP contribution in [0.5, 0.6) is 5.75 Å². The van der Waals surface area contributed by atoms with Crippen molar-refractivity contribution in [2.24, 2.45) is 7.05 Å². The average Bonchev–Trinajstić information content (AvgIpc) is 2.92. The molecule has 3 rings (SSSR count). The van der Waals surface area contributed by atoms with Crippen molar-refractivity contribution in [1.82, 2.24) is 15.1 Å². The highest BCUT2D eigenvalue weighted by Gasteiger charge is 2.23. The van der Waals surface area contributed by atoms with Gasteiger partial charge in [0.05, 0.1) is 18.8 Å². The third kappa shape index (κ3) is 3.24. The molecule has 0 fully saturated rings. The summed E-state index contributed by atoms with van der Waals surface area (Å²) in [6.45, 7) is 1.98. The molecule has 24 heavy (non-hydrogen) atoms. The first-order valence-electron chi connectivity index (χ1n) is 7.73. The lowest BCUT2D eigenvalue weighted by atomic mass is 10.0. The molecule has 1 aromatic carbocycles. The van der Waals surface area contributed by atoms with Crippen LogP contribution in [0, 0.1) is 6.92 Å². The van der Waals surface area contributed by atoms with Gasteiger partial charge in [-0.25, -0.2) is 4.79 Å². The Labute approximate surface area is 139 Å². The van der Waals surface area contributed by atoms with Crippen LogP contribution in [0.2, 0.25) is 0 Å². The normalized spacial score (nSPS) is 16.0. The van der Waals surface area contributed by atoms with Gasteiger partial charge in [0.15, 0.2) is 6.61 Å². The highest BCUT2D eigenvalue weighted by molar-refractivity contribution is 5.92. The average molecular weight is 329 g/mol. The second-order valence-corrected chi connectivity index (χ2v) is 5.64. The van der Waals surface area contributed by atoms with Crippen molar-refractivity contribution in [3.8, 4) is 5.75 Å². The number of nitrogens with one attached hydrogen (secondary N) is 1. The van der Waals surface area contributed by atoms with Crippen molar-refractivity contribution in [3.05, 3.63) is 47.3 Å². The summed E-state index contributed by atoms with van der Waals surface area (Å²) in [7, 11) is 1.74. The summed E-state index contributed by atoms with van der Waals surface area (Å²) in [5.74, 6) is -0.119. The number of carbonyl (C=O) groups is 2. The van der Waals surface area contributed by atoms with Crippen LogP contribution in [-0.4, -0.2) is 34.9 Å². The zero-order valence-electron chi connectivity index (χ0n) is 13.6. The molecule has 2 heterocycles. The van der Waals surface area contributed by atoms with Crippen LogP contribution in [0.15, 0.2) is 30.5 Å². The molecule has 1 aliphatic rings. The molecule has 0 unspecified atom stereocenters. The van der Waals surface area contributed by atoms with Crippen molar-refractivity contribution in [2.45, 2.75) is 19.4 Å². The van der Waals surface area contributed by atoms with E-state index in [0.29, 0.717) is 24.3 Å². The molecular formula is C17H19N3O4. The molecule has 1 aliphatic heterocycles. The van der Waals surface area contributed by atoms with E-state index in [1.165, 1.54) is 6.20 Å². The van der Waals surface area contributed by atoms with E-state index in [-0.39, 0.29) is 18.6 Å². The minimum Gasteiger partial charge on any atom is -0.493 e. The number of benzene rings is 1. The van der Waals surface area contributed by atoms with Gasteiger partial charge in [-0.3, -0.25) is 9.48 Å². The van der Waals surface area contributed by atoms with E-state index in [2.05, 4.69) is 10.4 Å². The van der Waals surface area contributed by atoms with Crippen LogP contribution in [0.3, 0.4) is 0 Å². The van der Waals surface area contributed by atoms with Gasteiger partial charge < -0.3 is 14.8 Å². The van der Waals surface area contributed by atoms with Crippen molar-refractivity contribution >= 4 is 11.9 Å². The number of aryl methyl sites for hydroxylation is 1. The Balaban J connectivity index is 1.57. The molecule has 1 aromatic heterocycles. The second kappa shape index (κ2) is 6.74. The third-order valence-corrected chi connectivity index (χ3v) is 4.08. The Kier molecular flexibility index (Phi) is 4.50. The number of carbonyl (C=O) groups excluding carboxylic acids is 2. The van der Waals surface area contributed by atoms with E-state index in [4.69, 9.17) is 9.47 Å².